The van der Waals surface area contributed by atoms with Crippen molar-refractivity contribution in [2.24, 2.45) is 0 Å². The molecule has 102 valence electrons. The van der Waals surface area contributed by atoms with Crippen LogP contribution < -0.4 is 0 Å². The summed E-state index contributed by atoms with van der Waals surface area (Å²) in [6.45, 7) is 1.70. The van der Waals surface area contributed by atoms with Crippen molar-refractivity contribution in [2.45, 2.75) is 11.8 Å². The highest BCUT2D eigenvalue weighted by atomic mass is 32.2. The molecule has 1 aromatic carbocycles. The second kappa shape index (κ2) is 5.43. The standard InChI is InChI=1S/C15H12FNO2S/c1-3-4-11-7-12(10-17-9-11)14-6-5-13(8-15(14)16)20(2,18)19/h5-10H,1-2H3. The zero-order valence-electron chi connectivity index (χ0n) is 11.0. The average molecular weight is 289 g/mol. The van der Waals surface area contributed by atoms with Crippen LogP contribution in [0.2, 0.25) is 0 Å². The van der Waals surface area contributed by atoms with Crippen LogP contribution in [0.25, 0.3) is 11.1 Å². The third-order valence-electron chi connectivity index (χ3n) is 2.69. The summed E-state index contributed by atoms with van der Waals surface area (Å²) in [5.74, 6) is 4.98. The van der Waals surface area contributed by atoms with E-state index in [4.69, 9.17) is 0 Å². The van der Waals surface area contributed by atoms with E-state index in [1.54, 1.807) is 19.2 Å². The van der Waals surface area contributed by atoms with Crippen LogP contribution in [0.3, 0.4) is 0 Å². The van der Waals surface area contributed by atoms with Gasteiger partial charge in [0.2, 0.25) is 0 Å². The minimum Gasteiger partial charge on any atom is -0.263 e. The molecule has 2 aromatic rings. The number of hydrogen-bond acceptors (Lipinski definition) is 3. The molecule has 0 aliphatic heterocycles. The quantitative estimate of drug-likeness (QED) is 0.799. The predicted molar refractivity (Wildman–Crippen MR) is 75.3 cm³/mol. The molecule has 2 rings (SSSR count). The van der Waals surface area contributed by atoms with Crippen LogP contribution in [0.15, 0.2) is 41.6 Å². The molecule has 0 radical (unpaired) electrons. The maximum Gasteiger partial charge on any atom is 0.175 e. The van der Waals surface area contributed by atoms with E-state index in [1.807, 2.05) is 0 Å². The third kappa shape index (κ3) is 3.03. The fourth-order valence-corrected chi connectivity index (χ4v) is 2.39. The molecule has 0 amide bonds. The van der Waals surface area contributed by atoms with Gasteiger partial charge in [-0.25, -0.2) is 12.8 Å². The Morgan fingerprint density at radius 2 is 1.95 bits per heavy atom. The van der Waals surface area contributed by atoms with Crippen molar-refractivity contribution in [3.05, 3.63) is 48.0 Å². The molecule has 0 fully saturated rings. The number of sulfone groups is 1. The van der Waals surface area contributed by atoms with Gasteiger partial charge in [0.1, 0.15) is 5.82 Å². The molecule has 0 N–H and O–H groups in total. The summed E-state index contributed by atoms with van der Waals surface area (Å²) < 4.78 is 36.8. The molecule has 0 aliphatic rings. The number of rotatable bonds is 2. The van der Waals surface area contributed by atoms with Gasteiger partial charge in [0, 0.05) is 35.3 Å². The summed E-state index contributed by atoms with van der Waals surface area (Å²) in [5.41, 5.74) is 1.53. The van der Waals surface area contributed by atoms with Crippen molar-refractivity contribution in [1.82, 2.24) is 4.98 Å². The first kappa shape index (κ1) is 14.2. The summed E-state index contributed by atoms with van der Waals surface area (Å²) in [6.07, 6.45) is 4.14. The lowest BCUT2D eigenvalue weighted by Crippen LogP contribution is -1.98. The van der Waals surface area contributed by atoms with Gasteiger partial charge in [0.25, 0.3) is 0 Å². The molecule has 20 heavy (non-hydrogen) atoms. The van der Waals surface area contributed by atoms with Crippen LogP contribution in [0.5, 0.6) is 0 Å². The first-order valence-corrected chi connectivity index (χ1v) is 7.69. The Balaban J connectivity index is 2.53. The van der Waals surface area contributed by atoms with Crippen molar-refractivity contribution >= 4 is 9.84 Å². The van der Waals surface area contributed by atoms with Crippen LogP contribution >= 0.6 is 0 Å². The van der Waals surface area contributed by atoms with E-state index in [2.05, 4.69) is 16.8 Å². The number of benzene rings is 1. The highest BCUT2D eigenvalue weighted by Gasteiger charge is 2.12. The molecule has 0 saturated carbocycles. The Labute approximate surface area is 117 Å². The Morgan fingerprint density at radius 1 is 1.20 bits per heavy atom. The van der Waals surface area contributed by atoms with Gasteiger partial charge < -0.3 is 0 Å². The summed E-state index contributed by atoms with van der Waals surface area (Å²) in [4.78, 5) is 3.96. The molecule has 0 saturated heterocycles. The highest BCUT2D eigenvalue weighted by molar-refractivity contribution is 7.90. The predicted octanol–water partition coefficient (Wildman–Crippen LogP) is 2.66. The first-order chi connectivity index (χ1) is 9.41. The molecular weight excluding hydrogens is 277 g/mol. The molecule has 0 spiro atoms. The summed E-state index contributed by atoms with van der Waals surface area (Å²) in [5, 5.41) is 0. The number of halogens is 1. The smallest absolute Gasteiger partial charge is 0.175 e. The van der Waals surface area contributed by atoms with Gasteiger partial charge in [-0.3, -0.25) is 4.98 Å². The number of hydrogen-bond donors (Lipinski definition) is 0. The maximum absolute atomic E-state index is 14.1. The van der Waals surface area contributed by atoms with E-state index in [0.29, 0.717) is 16.7 Å². The van der Waals surface area contributed by atoms with E-state index in [1.165, 1.54) is 18.3 Å². The molecule has 0 unspecified atom stereocenters. The summed E-state index contributed by atoms with van der Waals surface area (Å²) in [6, 6.07) is 5.54. The molecule has 5 heteroatoms. The van der Waals surface area contributed by atoms with Gasteiger partial charge in [-0.15, -0.1) is 5.92 Å². The molecule has 3 nitrogen and oxygen atoms in total. The van der Waals surface area contributed by atoms with E-state index in [0.717, 1.165) is 12.3 Å². The highest BCUT2D eigenvalue weighted by Crippen LogP contribution is 2.25. The molecule has 0 atom stereocenters. The summed E-state index contributed by atoms with van der Waals surface area (Å²) in [7, 11) is -3.42. The monoisotopic (exact) mass is 289 g/mol. The first-order valence-electron chi connectivity index (χ1n) is 5.79. The average Bonchev–Trinajstić information content (AvgIpc) is 2.38. The molecule has 0 bridgehead atoms. The second-order valence-corrected chi connectivity index (χ2v) is 6.27. The second-order valence-electron chi connectivity index (χ2n) is 4.25. The largest absolute Gasteiger partial charge is 0.263 e. The Morgan fingerprint density at radius 3 is 2.55 bits per heavy atom. The maximum atomic E-state index is 14.1. The minimum atomic E-state index is -3.42. The lowest BCUT2D eigenvalue weighted by molar-refractivity contribution is 0.596. The van der Waals surface area contributed by atoms with Gasteiger partial charge in [-0.1, -0.05) is 12.0 Å². The van der Waals surface area contributed by atoms with Crippen LogP contribution in [-0.4, -0.2) is 19.7 Å². The van der Waals surface area contributed by atoms with Gasteiger partial charge in [-0.2, -0.15) is 0 Å². The SMILES string of the molecule is CC#Cc1cncc(-c2ccc(S(C)(=O)=O)cc2F)c1. The van der Waals surface area contributed by atoms with Crippen molar-refractivity contribution in [1.29, 1.82) is 0 Å². The Kier molecular flexibility index (Phi) is 3.86. The zero-order chi connectivity index (χ0) is 14.8. The minimum absolute atomic E-state index is 0.0452. The van der Waals surface area contributed by atoms with E-state index >= 15 is 0 Å². The number of aromatic nitrogens is 1. The normalized spacial score (nSPS) is 10.8. The fourth-order valence-electron chi connectivity index (χ4n) is 1.76. The van der Waals surface area contributed by atoms with Crippen LogP contribution in [-0.2, 0) is 9.84 Å². The van der Waals surface area contributed by atoms with E-state index in [-0.39, 0.29) is 4.90 Å². The third-order valence-corrected chi connectivity index (χ3v) is 3.80. The van der Waals surface area contributed by atoms with Crippen LogP contribution in [0.4, 0.5) is 4.39 Å². The topological polar surface area (TPSA) is 47.0 Å². The van der Waals surface area contributed by atoms with Gasteiger partial charge in [0.05, 0.1) is 4.90 Å². The molecule has 0 aliphatic carbocycles. The van der Waals surface area contributed by atoms with Crippen molar-refractivity contribution in [2.75, 3.05) is 6.26 Å². The number of pyridine rings is 1. The van der Waals surface area contributed by atoms with Crippen molar-refractivity contribution in [3.8, 4) is 23.0 Å². The van der Waals surface area contributed by atoms with Crippen molar-refractivity contribution in [3.63, 3.8) is 0 Å². The van der Waals surface area contributed by atoms with Crippen LogP contribution in [0, 0.1) is 17.7 Å². The number of nitrogens with zero attached hydrogens (tertiary/aromatic N) is 1. The molecule has 1 heterocycles. The lowest BCUT2D eigenvalue weighted by Gasteiger charge is -2.05. The van der Waals surface area contributed by atoms with E-state index < -0.39 is 15.7 Å². The van der Waals surface area contributed by atoms with Gasteiger partial charge in [0.15, 0.2) is 9.84 Å². The van der Waals surface area contributed by atoms with Crippen molar-refractivity contribution < 1.29 is 12.8 Å². The Bertz CT molecular complexity index is 817. The zero-order valence-corrected chi connectivity index (χ0v) is 11.8. The molecular formula is C15H12FNO2S. The van der Waals surface area contributed by atoms with Crippen LogP contribution in [0.1, 0.15) is 12.5 Å². The fraction of sp³-hybridized carbons (Fsp3) is 0.133. The Hall–Kier alpha value is -2.19. The molecule has 1 aromatic heterocycles. The van der Waals surface area contributed by atoms with Gasteiger partial charge >= 0.3 is 0 Å². The van der Waals surface area contributed by atoms with E-state index in [9.17, 15) is 12.8 Å². The summed E-state index contributed by atoms with van der Waals surface area (Å²) >= 11 is 0. The van der Waals surface area contributed by atoms with Gasteiger partial charge in [-0.05, 0) is 25.1 Å². The lowest BCUT2D eigenvalue weighted by atomic mass is 10.1.